The smallest absolute Gasteiger partial charge is 0.429 e. The van der Waals surface area contributed by atoms with Crippen molar-refractivity contribution in [3.8, 4) is 0 Å². The molecule has 8 nitrogen and oxygen atoms in total. The average molecular weight is 461 g/mol. The summed E-state index contributed by atoms with van der Waals surface area (Å²) >= 11 is 0. The molecular formula is C24H44O8. The minimum Gasteiger partial charge on any atom is -0.429 e. The highest BCUT2D eigenvalue weighted by molar-refractivity contribution is 5.59. The first-order valence-corrected chi connectivity index (χ1v) is 11.5. The number of ether oxygens (including phenoxy) is 2. The Labute approximate surface area is 193 Å². The van der Waals surface area contributed by atoms with Gasteiger partial charge < -0.3 is 9.47 Å². The first kappa shape index (κ1) is 28.5. The second-order valence-electron chi connectivity index (χ2n) is 12.5. The van der Waals surface area contributed by atoms with Gasteiger partial charge in [-0.15, -0.1) is 0 Å². The van der Waals surface area contributed by atoms with E-state index < -0.39 is 23.5 Å². The quantitative estimate of drug-likeness (QED) is 0.219. The van der Waals surface area contributed by atoms with Gasteiger partial charge in [0.15, 0.2) is 0 Å². The number of carbonyl (C=O) groups excluding carboxylic acids is 2. The van der Waals surface area contributed by atoms with Gasteiger partial charge in [0.05, 0.1) is 0 Å². The first-order chi connectivity index (χ1) is 14.4. The van der Waals surface area contributed by atoms with Gasteiger partial charge in [-0.25, -0.2) is 9.59 Å². The van der Waals surface area contributed by atoms with Crippen molar-refractivity contribution in [2.24, 2.45) is 10.8 Å². The summed E-state index contributed by atoms with van der Waals surface area (Å²) in [7, 11) is 0. The van der Waals surface area contributed by atoms with Gasteiger partial charge in [-0.2, -0.15) is 9.78 Å². The molecule has 0 radical (unpaired) electrons. The molecular weight excluding hydrogens is 416 g/mol. The van der Waals surface area contributed by atoms with Crippen molar-refractivity contribution in [2.75, 3.05) is 0 Å². The Morgan fingerprint density at radius 3 is 1.12 bits per heavy atom. The molecule has 0 heterocycles. The van der Waals surface area contributed by atoms with Crippen molar-refractivity contribution in [1.29, 1.82) is 0 Å². The molecule has 32 heavy (non-hydrogen) atoms. The molecule has 0 aromatic heterocycles. The van der Waals surface area contributed by atoms with Crippen molar-refractivity contribution in [3.63, 3.8) is 0 Å². The summed E-state index contributed by atoms with van der Waals surface area (Å²) in [5, 5.41) is 0. The van der Waals surface area contributed by atoms with E-state index in [0.29, 0.717) is 38.5 Å². The molecule has 1 aliphatic carbocycles. The second kappa shape index (κ2) is 11.1. The third kappa shape index (κ3) is 13.1. The molecule has 0 spiro atoms. The Morgan fingerprint density at radius 2 is 0.875 bits per heavy atom. The van der Waals surface area contributed by atoms with Crippen molar-refractivity contribution in [1.82, 2.24) is 0 Å². The maximum absolute atomic E-state index is 12.0. The lowest BCUT2D eigenvalue weighted by Crippen LogP contribution is -2.34. The van der Waals surface area contributed by atoms with E-state index in [4.69, 9.17) is 29.0 Å². The third-order valence-corrected chi connectivity index (χ3v) is 4.73. The summed E-state index contributed by atoms with van der Waals surface area (Å²) < 4.78 is 10.7. The van der Waals surface area contributed by atoms with Crippen LogP contribution in [0.2, 0.25) is 0 Å². The molecule has 1 rings (SSSR count). The zero-order valence-corrected chi connectivity index (χ0v) is 21.7. The van der Waals surface area contributed by atoms with Gasteiger partial charge in [-0.05, 0) is 77.0 Å². The molecule has 0 aromatic carbocycles. The zero-order valence-electron chi connectivity index (χ0n) is 21.7. The van der Waals surface area contributed by atoms with E-state index in [9.17, 15) is 9.59 Å². The summed E-state index contributed by atoms with van der Waals surface area (Å²) in [6.07, 6.45) is 1.29. The van der Waals surface area contributed by atoms with Crippen LogP contribution in [0.15, 0.2) is 0 Å². The minimum absolute atomic E-state index is 0.0314. The van der Waals surface area contributed by atoms with Crippen LogP contribution in [0, 0.1) is 10.8 Å². The fourth-order valence-corrected chi connectivity index (χ4v) is 4.49. The van der Waals surface area contributed by atoms with Crippen molar-refractivity contribution in [3.05, 3.63) is 0 Å². The molecule has 188 valence electrons. The van der Waals surface area contributed by atoms with Crippen LogP contribution in [0.5, 0.6) is 0 Å². The predicted molar refractivity (Wildman–Crippen MR) is 120 cm³/mol. The molecule has 0 bridgehead atoms. The minimum atomic E-state index is -0.856. The normalized spacial score (nSPS) is 20.4. The Balaban J connectivity index is 2.30. The molecule has 1 aliphatic rings. The predicted octanol–water partition coefficient (Wildman–Crippen LogP) is 6.90. The van der Waals surface area contributed by atoms with E-state index in [1.807, 2.05) is 27.7 Å². The van der Waals surface area contributed by atoms with E-state index in [2.05, 4.69) is 41.5 Å². The molecule has 8 heteroatoms. The molecule has 0 amide bonds. The Hall–Kier alpha value is -1.54. The van der Waals surface area contributed by atoms with Crippen LogP contribution in [-0.4, -0.2) is 35.7 Å². The Kier molecular flexibility index (Phi) is 9.84. The number of rotatable bonds is 8. The van der Waals surface area contributed by atoms with Crippen molar-refractivity contribution in [2.45, 2.75) is 131 Å². The van der Waals surface area contributed by atoms with E-state index in [-0.39, 0.29) is 23.0 Å². The number of carbonyl (C=O) groups is 2. The van der Waals surface area contributed by atoms with Gasteiger partial charge in [0.1, 0.15) is 23.4 Å². The summed E-state index contributed by atoms with van der Waals surface area (Å²) in [5.41, 5.74) is -1.17. The summed E-state index contributed by atoms with van der Waals surface area (Å²) in [6, 6.07) is 0. The molecule has 1 saturated carbocycles. The molecule has 0 N–H and O–H groups in total. The molecule has 0 saturated heterocycles. The third-order valence-electron chi connectivity index (χ3n) is 4.73. The van der Waals surface area contributed by atoms with Gasteiger partial charge in [0, 0.05) is 0 Å². The summed E-state index contributed by atoms with van der Waals surface area (Å²) in [6.45, 7) is 20.0. The van der Waals surface area contributed by atoms with Gasteiger partial charge in [0.2, 0.25) is 0 Å². The van der Waals surface area contributed by atoms with Crippen LogP contribution in [0.1, 0.15) is 108 Å². The zero-order chi connectivity index (χ0) is 24.8. The monoisotopic (exact) mass is 460 g/mol. The van der Waals surface area contributed by atoms with E-state index in [0.717, 1.165) is 0 Å². The van der Waals surface area contributed by atoms with Gasteiger partial charge >= 0.3 is 12.3 Å². The van der Waals surface area contributed by atoms with E-state index in [1.165, 1.54) is 0 Å². The molecule has 0 aliphatic heterocycles. The molecule has 0 aromatic rings. The topological polar surface area (TPSA) is 89.5 Å². The van der Waals surface area contributed by atoms with Gasteiger partial charge in [-0.3, -0.25) is 9.78 Å². The largest absolute Gasteiger partial charge is 0.540 e. The summed E-state index contributed by atoms with van der Waals surface area (Å²) in [5.74, 6) is 0. The van der Waals surface area contributed by atoms with Gasteiger partial charge in [-0.1, -0.05) is 41.5 Å². The van der Waals surface area contributed by atoms with Crippen LogP contribution < -0.4 is 0 Å². The highest BCUT2D eigenvalue weighted by atomic mass is 17.2. The highest BCUT2D eigenvalue weighted by Gasteiger charge is 2.32. The lowest BCUT2D eigenvalue weighted by molar-refractivity contribution is -0.326. The maximum Gasteiger partial charge on any atom is 0.540 e. The average Bonchev–Trinajstić information content (AvgIpc) is 2.56. The lowest BCUT2D eigenvalue weighted by Gasteiger charge is -2.31. The van der Waals surface area contributed by atoms with Gasteiger partial charge in [0.25, 0.3) is 0 Å². The Bertz CT molecular complexity index is 550. The molecule has 0 unspecified atom stereocenters. The standard InChI is InChI=1S/C24H44O8/c1-21(2,3)15-23(7,8)31-29-19(25)27-17-11-13-18(14-12-17)28-20(26)30-32-24(9,10)16-22(4,5)6/h17-18H,11-16H2,1-10H3. The first-order valence-electron chi connectivity index (χ1n) is 11.5. The van der Waals surface area contributed by atoms with Crippen LogP contribution in [-0.2, 0) is 29.0 Å². The van der Waals surface area contributed by atoms with E-state index in [1.54, 1.807) is 0 Å². The van der Waals surface area contributed by atoms with Crippen LogP contribution in [0.3, 0.4) is 0 Å². The fourth-order valence-electron chi connectivity index (χ4n) is 4.49. The Morgan fingerprint density at radius 1 is 0.594 bits per heavy atom. The lowest BCUT2D eigenvalue weighted by atomic mass is 9.84. The molecule has 0 atom stereocenters. The second-order valence-corrected chi connectivity index (χ2v) is 12.5. The molecule has 1 fully saturated rings. The van der Waals surface area contributed by atoms with Crippen molar-refractivity contribution >= 4 is 12.3 Å². The summed E-state index contributed by atoms with van der Waals surface area (Å²) in [4.78, 5) is 44.2. The van der Waals surface area contributed by atoms with Crippen LogP contribution >= 0.6 is 0 Å². The number of hydrogen-bond donors (Lipinski definition) is 0. The van der Waals surface area contributed by atoms with Crippen molar-refractivity contribution < 1.29 is 38.6 Å². The number of hydrogen-bond acceptors (Lipinski definition) is 8. The van der Waals surface area contributed by atoms with Crippen LogP contribution in [0.4, 0.5) is 9.59 Å². The van der Waals surface area contributed by atoms with E-state index >= 15 is 0 Å². The van der Waals surface area contributed by atoms with Crippen LogP contribution in [0.25, 0.3) is 0 Å². The fraction of sp³-hybridized carbons (Fsp3) is 0.917. The SMILES string of the molecule is CC(C)(C)CC(C)(C)OOC(=O)OC1CCC(OC(=O)OOC(C)(C)CC(C)(C)C)CC1. The highest BCUT2D eigenvalue weighted by Crippen LogP contribution is 2.31. The maximum atomic E-state index is 12.0.